The number of hydrogen-bond donors (Lipinski definition) is 3. The molecule has 0 spiro atoms. The standard InChI is InChI=1S/C13H22N4O3S2/c1-14-3-2-4-15-13(18)12-9-11(10-16-12)22(19,20)17-5-7-21-8-6-17/h9-10,14,16H,2-8H2,1H3,(H,15,18). The lowest BCUT2D eigenvalue weighted by Crippen LogP contribution is -2.37. The Morgan fingerprint density at radius 1 is 1.36 bits per heavy atom. The molecule has 3 N–H and O–H groups in total. The van der Waals surface area contributed by atoms with Gasteiger partial charge in [-0.1, -0.05) is 0 Å². The van der Waals surface area contributed by atoms with Crippen molar-refractivity contribution in [3.63, 3.8) is 0 Å². The molecule has 0 atom stereocenters. The van der Waals surface area contributed by atoms with Crippen LogP contribution in [0.5, 0.6) is 0 Å². The second kappa shape index (κ2) is 8.00. The van der Waals surface area contributed by atoms with Crippen molar-refractivity contribution in [3.05, 3.63) is 18.0 Å². The Morgan fingerprint density at radius 2 is 2.09 bits per heavy atom. The van der Waals surface area contributed by atoms with Gasteiger partial charge in [0.15, 0.2) is 0 Å². The Bertz CT molecular complexity index is 594. The van der Waals surface area contributed by atoms with Crippen LogP contribution in [0.3, 0.4) is 0 Å². The van der Waals surface area contributed by atoms with Crippen molar-refractivity contribution < 1.29 is 13.2 Å². The third kappa shape index (κ3) is 4.25. The van der Waals surface area contributed by atoms with Crippen LogP contribution in [0.25, 0.3) is 0 Å². The molecule has 0 saturated carbocycles. The third-order valence-corrected chi connectivity index (χ3v) is 6.22. The maximum Gasteiger partial charge on any atom is 0.267 e. The molecule has 7 nitrogen and oxygen atoms in total. The van der Waals surface area contributed by atoms with Gasteiger partial charge in [0.1, 0.15) is 10.6 Å². The van der Waals surface area contributed by atoms with Crippen LogP contribution in [-0.2, 0) is 10.0 Å². The van der Waals surface area contributed by atoms with Crippen LogP contribution in [0.1, 0.15) is 16.9 Å². The maximum atomic E-state index is 12.5. The minimum absolute atomic E-state index is 0.153. The summed E-state index contributed by atoms with van der Waals surface area (Å²) in [7, 11) is -1.65. The summed E-state index contributed by atoms with van der Waals surface area (Å²) in [6, 6.07) is 1.41. The molecule has 0 aromatic carbocycles. The highest BCUT2D eigenvalue weighted by molar-refractivity contribution is 7.99. The molecule has 0 bridgehead atoms. The van der Waals surface area contributed by atoms with E-state index in [4.69, 9.17) is 0 Å². The first-order valence-corrected chi connectivity index (χ1v) is 9.84. The molecular formula is C13H22N4O3S2. The Morgan fingerprint density at radius 3 is 2.77 bits per heavy atom. The molecule has 0 unspecified atom stereocenters. The van der Waals surface area contributed by atoms with Gasteiger partial charge in [0.25, 0.3) is 5.91 Å². The number of nitrogens with one attached hydrogen (secondary N) is 3. The van der Waals surface area contributed by atoms with Crippen LogP contribution in [0.2, 0.25) is 0 Å². The van der Waals surface area contributed by atoms with Gasteiger partial charge < -0.3 is 15.6 Å². The van der Waals surface area contributed by atoms with Gasteiger partial charge >= 0.3 is 0 Å². The van der Waals surface area contributed by atoms with E-state index in [-0.39, 0.29) is 16.5 Å². The van der Waals surface area contributed by atoms with Gasteiger partial charge in [0.2, 0.25) is 10.0 Å². The van der Waals surface area contributed by atoms with Crippen molar-refractivity contribution in [1.82, 2.24) is 19.9 Å². The minimum Gasteiger partial charge on any atom is -0.356 e. The highest BCUT2D eigenvalue weighted by atomic mass is 32.2. The molecule has 1 aliphatic rings. The minimum atomic E-state index is -3.51. The van der Waals surface area contributed by atoms with E-state index in [2.05, 4.69) is 15.6 Å². The molecule has 9 heteroatoms. The number of aromatic amines is 1. The number of amides is 1. The molecule has 1 aromatic rings. The summed E-state index contributed by atoms with van der Waals surface area (Å²) < 4.78 is 26.4. The van der Waals surface area contributed by atoms with E-state index in [1.165, 1.54) is 16.6 Å². The number of carbonyl (C=O) groups excluding carboxylic acids is 1. The van der Waals surface area contributed by atoms with Crippen LogP contribution in [-0.4, -0.2) is 68.3 Å². The van der Waals surface area contributed by atoms with Crippen molar-refractivity contribution >= 4 is 27.7 Å². The summed E-state index contributed by atoms with van der Waals surface area (Å²) in [4.78, 5) is 14.9. The average molecular weight is 346 g/mol. The predicted molar refractivity (Wildman–Crippen MR) is 87.8 cm³/mol. The van der Waals surface area contributed by atoms with E-state index in [0.717, 1.165) is 24.5 Å². The molecule has 1 fully saturated rings. The lowest BCUT2D eigenvalue weighted by Gasteiger charge is -2.24. The number of sulfonamides is 1. The number of carbonyl (C=O) groups is 1. The fraction of sp³-hybridized carbons (Fsp3) is 0.615. The molecule has 1 saturated heterocycles. The summed E-state index contributed by atoms with van der Waals surface area (Å²) >= 11 is 1.75. The zero-order valence-electron chi connectivity index (χ0n) is 12.6. The number of hydrogen-bond acceptors (Lipinski definition) is 5. The molecular weight excluding hydrogens is 324 g/mol. The van der Waals surface area contributed by atoms with Gasteiger partial charge in [0.05, 0.1) is 0 Å². The van der Waals surface area contributed by atoms with Crippen molar-refractivity contribution in [2.24, 2.45) is 0 Å². The number of nitrogens with zero attached hydrogens (tertiary/aromatic N) is 1. The first kappa shape index (κ1) is 17.3. The molecule has 0 aliphatic carbocycles. The van der Waals surface area contributed by atoms with Crippen LogP contribution in [0.4, 0.5) is 0 Å². The second-order valence-electron chi connectivity index (χ2n) is 4.98. The molecule has 22 heavy (non-hydrogen) atoms. The molecule has 1 aliphatic heterocycles. The first-order chi connectivity index (χ1) is 10.6. The van der Waals surface area contributed by atoms with Gasteiger partial charge in [-0.05, 0) is 26.1 Å². The fourth-order valence-electron chi connectivity index (χ4n) is 2.15. The lowest BCUT2D eigenvalue weighted by molar-refractivity contribution is 0.0949. The Kier molecular flexibility index (Phi) is 6.30. The molecule has 1 aromatic heterocycles. The van der Waals surface area contributed by atoms with E-state index in [0.29, 0.717) is 19.6 Å². The smallest absolute Gasteiger partial charge is 0.267 e. The normalized spacial score (nSPS) is 16.6. The van der Waals surface area contributed by atoms with Gasteiger partial charge in [-0.2, -0.15) is 16.1 Å². The SMILES string of the molecule is CNCCCNC(=O)c1cc(S(=O)(=O)N2CCSCC2)c[nH]1. The molecule has 124 valence electrons. The van der Waals surface area contributed by atoms with Crippen molar-refractivity contribution in [2.45, 2.75) is 11.3 Å². The number of aromatic nitrogens is 1. The zero-order valence-corrected chi connectivity index (χ0v) is 14.2. The maximum absolute atomic E-state index is 12.5. The molecule has 1 amide bonds. The average Bonchev–Trinajstić information content (AvgIpc) is 3.03. The summed E-state index contributed by atoms with van der Waals surface area (Å²) in [6.45, 7) is 2.40. The van der Waals surface area contributed by atoms with E-state index in [1.54, 1.807) is 11.8 Å². The number of thioether (sulfide) groups is 1. The van der Waals surface area contributed by atoms with Crippen LogP contribution < -0.4 is 10.6 Å². The van der Waals surface area contributed by atoms with E-state index >= 15 is 0 Å². The summed E-state index contributed by atoms with van der Waals surface area (Å²) in [5.74, 6) is 1.33. The van der Waals surface area contributed by atoms with E-state index in [1.807, 2.05) is 7.05 Å². The first-order valence-electron chi connectivity index (χ1n) is 7.25. The Balaban J connectivity index is 1.99. The Hall–Kier alpha value is -1.03. The molecule has 2 rings (SSSR count). The largest absolute Gasteiger partial charge is 0.356 e. The number of H-pyrrole nitrogens is 1. The van der Waals surface area contributed by atoms with E-state index in [9.17, 15) is 13.2 Å². The van der Waals surface area contributed by atoms with E-state index < -0.39 is 10.0 Å². The van der Waals surface area contributed by atoms with Gasteiger partial charge in [0, 0.05) is 37.3 Å². The predicted octanol–water partition coefficient (Wildman–Crippen LogP) is 0.0915. The monoisotopic (exact) mass is 346 g/mol. The lowest BCUT2D eigenvalue weighted by atomic mass is 10.3. The highest BCUT2D eigenvalue weighted by Crippen LogP contribution is 2.20. The van der Waals surface area contributed by atoms with Crippen molar-refractivity contribution in [3.8, 4) is 0 Å². The van der Waals surface area contributed by atoms with Crippen molar-refractivity contribution in [1.29, 1.82) is 0 Å². The Labute approximate surface area is 135 Å². The summed E-state index contributed by atoms with van der Waals surface area (Å²) in [6.07, 6.45) is 2.21. The van der Waals surface area contributed by atoms with Crippen LogP contribution in [0.15, 0.2) is 17.2 Å². The highest BCUT2D eigenvalue weighted by Gasteiger charge is 2.27. The van der Waals surface area contributed by atoms with Gasteiger partial charge in [-0.15, -0.1) is 0 Å². The van der Waals surface area contributed by atoms with Crippen LogP contribution >= 0.6 is 11.8 Å². The topological polar surface area (TPSA) is 94.3 Å². The molecule has 0 radical (unpaired) electrons. The third-order valence-electron chi connectivity index (χ3n) is 3.40. The number of rotatable bonds is 7. The molecule has 2 heterocycles. The zero-order chi connectivity index (χ0) is 16.0. The summed E-state index contributed by atoms with van der Waals surface area (Å²) in [5, 5.41) is 5.75. The van der Waals surface area contributed by atoms with Crippen molar-refractivity contribution in [2.75, 3.05) is 44.7 Å². The fourth-order valence-corrected chi connectivity index (χ4v) is 4.72. The van der Waals surface area contributed by atoms with Gasteiger partial charge in [-0.3, -0.25) is 4.79 Å². The summed E-state index contributed by atoms with van der Waals surface area (Å²) in [5.41, 5.74) is 0.273. The van der Waals surface area contributed by atoms with Gasteiger partial charge in [-0.25, -0.2) is 8.42 Å². The van der Waals surface area contributed by atoms with Crippen LogP contribution in [0, 0.1) is 0 Å². The quantitative estimate of drug-likeness (QED) is 0.609. The second-order valence-corrected chi connectivity index (χ2v) is 8.14.